The summed E-state index contributed by atoms with van der Waals surface area (Å²) in [7, 11) is 5.54. The second-order valence-corrected chi connectivity index (χ2v) is 5.11. The number of piperidine rings is 1. The number of rotatable bonds is 3. The molecule has 1 atom stereocenters. The van der Waals surface area contributed by atoms with Crippen LogP contribution >= 0.6 is 0 Å². The Morgan fingerprint density at radius 1 is 1.56 bits per heavy atom. The van der Waals surface area contributed by atoms with Crippen LogP contribution in [0, 0.1) is 5.92 Å². The molecule has 1 unspecified atom stereocenters. The van der Waals surface area contributed by atoms with Crippen molar-refractivity contribution in [3.05, 3.63) is 12.2 Å². The highest BCUT2D eigenvalue weighted by atomic mass is 16.2. The smallest absolute Gasteiger partial charge is 0.226 e. The minimum atomic E-state index is 0.127. The summed E-state index contributed by atoms with van der Waals surface area (Å²) in [5.41, 5.74) is 0. The fourth-order valence-corrected chi connectivity index (χ4v) is 2.43. The molecule has 100 valence electrons. The monoisotopic (exact) mass is 251 g/mol. The molecule has 0 bridgehead atoms. The molecule has 1 aromatic rings. The van der Waals surface area contributed by atoms with Crippen LogP contribution in [0.1, 0.15) is 18.7 Å². The zero-order valence-corrected chi connectivity index (χ0v) is 11.3. The molecule has 6 nitrogen and oxygen atoms in total. The van der Waals surface area contributed by atoms with E-state index in [0.29, 0.717) is 0 Å². The van der Waals surface area contributed by atoms with Gasteiger partial charge in [0.15, 0.2) is 0 Å². The Morgan fingerprint density at radius 3 is 2.94 bits per heavy atom. The van der Waals surface area contributed by atoms with Crippen molar-refractivity contribution in [2.24, 2.45) is 13.0 Å². The Labute approximate surface area is 108 Å². The molecule has 1 fully saturated rings. The summed E-state index contributed by atoms with van der Waals surface area (Å²) in [4.78, 5) is 20.2. The predicted molar refractivity (Wildman–Crippen MR) is 67.7 cm³/mol. The summed E-state index contributed by atoms with van der Waals surface area (Å²) in [6.07, 6.45) is 3.64. The van der Waals surface area contributed by atoms with Crippen LogP contribution in [0.15, 0.2) is 6.33 Å². The first-order valence-electron chi connectivity index (χ1n) is 6.34. The molecule has 0 aliphatic carbocycles. The molecule has 1 aliphatic heterocycles. The van der Waals surface area contributed by atoms with Crippen LogP contribution in [-0.2, 0) is 18.4 Å². The predicted octanol–water partition coefficient (Wildman–Crippen LogP) is 0.115. The van der Waals surface area contributed by atoms with Gasteiger partial charge in [0.25, 0.3) is 0 Å². The second kappa shape index (κ2) is 5.48. The minimum absolute atomic E-state index is 0.127. The summed E-state index contributed by atoms with van der Waals surface area (Å²) in [6, 6.07) is 0. The van der Waals surface area contributed by atoms with E-state index >= 15 is 0 Å². The zero-order valence-electron chi connectivity index (χ0n) is 11.3. The van der Waals surface area contributed by atoms with Crippen LogP contribution in [-0.4, -0.2) is 57.7 Å². The first kappa shape index (κ1) is 13.0. The van der Waals surface area contributed by atoms with Gasteiger partial charge in [-0.2, -0.15) is 5.10 Å². The van der Waals surface area contributed by atoms with Gasteiger partial charge in [-0.3, -0.25) is 14.4 Å². The molecule has 1 amide bonds. The van der Waals surface area contributed by atoms with Crippen molar-refractivity contribution in [3.63, 3.8) is 0 Å². The fraction of sp³-hybridized carbons (Fsp3) is 0.750. The van der Waals surface area contributed by atoms with Crippen molar-refractivity contribution in [1.82, 2.24) is 24.6 Å². The number of nitrogens with zero attached hydrogens (tertiary/aromatic N) is 5. The number of carbonyl (C=O) groups excluding carboxylic acids is 1. The third-order valence-electron chi connectivity index (χ3n) is 3.47. The average Bonchev–Trinajstić information content (AvgIpc) is 2.74. The largest absolute Gasteiger partial charge is 0.349 e. The number of hydrogen-bond donors (Lipinski definition) is 0. The molecular weight excluding hydrogens is 230 g/mol. The third kappa shape index (κ3) is 2.87. The third-order valence-corrected chi connectivity index (χ3v) is 3.47. The quantitative estimate of drug-likeness (QED) is 0.765. The van der Waals surface area contributed by atoms with Gasteiger partial charge >= 0.3 is 0 Å². The van der Waals surface area contributed by atoms with E-state index in [1.54, 1.807) is 15.9 Å². The van der Waals surface area contributed by atoms with E-state index in [1.165, 1.54) is 0 Å². The lowest BCUT2D eigenvalue weighted by Gasteiger charge is -2.32. The normalized spacial score (nSPS) is 20.9. The highest BCUT2D eigenvalue weighted by Gasteiger charge is 2.27. The van der Waals surface area contributed by atoms with Crippen LogP contribution in [0.2, 0.25) is 0 Å². The topological polar surface area (TPSA) is 54.3 Å². The number of amides is 1. The van der Waals surface area contributed by atoms with Crippen molar-refractivity contribution < 1.29 is 4.79 Å². The van der Waals surface area contributed by atoms with Crippen LogP contribution < -0.4 is 0 Å². The zero-order chi connectivity index (χ0) is 13.1. The molecule has 6 heteroatoms. The van der Waals surface area contributed by atoms with Gasteiger partial charge in [0.1, 0.15) is 12.2 Å². The van der Waals surface area contributed by atoms with Crippen molar-refractivity contribution >= 4 is 5.91 Å². The maximum atomic E-state index is 12.0. The molecule has 2 heterocycles. The minimum Gasteiger partial charge on any atom is -0.349 e. The van der Waals surface area contributed by atoms with E-state index < -0.39 is 0 Å². The van der Waals surface area contributed by atoms with Gasteiger partial charge in [-0.25, -0.2) is 4.98 Å². The lowest BCUT2D eigenvalue weighted by molar-refractivity contribution is -0.134. The van der Waals surface area contributed by atoms with Gasteiger partial charge in [-0.15, -0.1) is 0 Å². The van der Waals surface area contributed by atoms with Gasteiger partial charge in [0, 0.05) is 27.7 Å². The average molecular weight is 251 g/mol. The Balaban J connectivity index is 1.95. The number of aromatic nitrogens is 3. The molecule has 2 rings (SSSR count). The Kier molecular flexibility index (Phi) is 3.96. The summed E-state index contributed by atoms with van der Waals surface area (Å²) >= 11 is 0. The summed E-state index contributed by atoms with van der Waals surface area (Å²) in [6.45, 7) is 2.63. The van der Waals surface area contributed by atoms with E-state index in [0.717, 1.165) is 38.3 Å². The first-order valence-corrected chi connectivity index (χ1v) is 6.34. The van der Waals surface area contributed by atoms with E-state index in [4.69, 9.17) is 0 Å². The van der Waals surface area contributed by atoms with Gasteiger partial charge in [0.05, 0.1) is 12.5 Å². The second-order valence-electron chi connectivity index (χ2n) is 5.11. The molecule has 0 N–H and O–H groups in total. The molecule has 0 radical (unpaired) electrons. The fourth-order valence-electron chi connectivity index (χ4n) is 2.43. The Bertz CT molecular complexity index is 414. The highest BCUT2D eigenvalue weighted by molar-refractivity contribution is 5.78. The summed E-state index contributed by atoms with van der Waals surface area (Å²) < 4.78 is 1.79. The van der Waals surface area contributed by atoms with E-state index in [-0.39, 0.29) is 11.8 Å². The Morgan fingerprint density at radius 2 is 2.33 bits per heavy atom. The van der Waals surface area contributed by atoms with Gasteiger partial charge in [-0.1, -0.05) is 0 Å². The molecule has 1 aromatic heterocycles. The number of carbonyl (C=O) groups is 1. The summed E-state index contributed by atoms with van der Waals surface area (Å²) in [5, 5.41) is 4.07. The first-order chi connectivity index (χ1) is 8.58. The van der Waals surface area contributed by atoms with Gasteiger partial charge in [0.2, 0.25) is 5.91 Å². The van der Waals surface area contributed by atoms with Gasteiger partial charge in [-0.05, 0) is 19.4 Å². The van der Waals surface area contributed by atoms with Crippen LogP contribution in [0.4, 0.5) is 0 Å². The number of aryl methyl sites for hydroxylation is 1. The standard InChI is InChI=1S/C12H21N5O/c1-15(2)12(18)10-5-4-6-17(7-10)8-11-13-9-14-16(11)3/h9-10H,4-8H2,1-3H3. The van der Waals surface area contributed by atoms with E-state index in [1.807, 2.05) is 21.1 Å². The molecule has 0 aromatic carbocycles. The molecule has 0 spiro atoms. The number of hydrogen-bond acceptors (Lipinski definition) is 4. The Hall–Kier alpha value is -1.43. The lowest BCUT2D eigenvalue weighted by atomic mass is 9.97. The lowest BCUT2D eigenvalue weighted by Crippen LogP contribution is -2.42. The van der Waals surface area contributed by atoms with Crippen molar-refractivity contribution in [1.29, 1.82) is 0 Å². The molecule has 0 saturated carbocycles. The summed E-state index contributed by atoms with van der Waals surface area (Å²) in [5.74, 6) is 1.31. The maximum Gasteiger partial charge on any atom is 0.226 e. The molecular formula is C12H21N5O. The van der Waals surface area contributed by atoms with Crippen LogP contribution in [0.25, 0.3) is 0 Å². The van der Waals surface area contributed by atoms with E-state index in [9.17, 15) is 4.79 Å². The highest BCUT2D eigenvalue weighted by Crippen LogP contribution is 2.19. The van der Waals surface area contributed by atoms with Crippen LogP contribution in [0.3, 0.4) is 0 Å². The van der Waals surface area contributed by atoms with Crippen molar-refractivity contribution in [2.45, 2.75) is 19.4 Å². The molecule has 1 saturated heterocycles. The van der Waals surface area contributed by atoms with Crippen molar-refractivity contribution in [3.8, 4) is 0 Å². The van der Waals surface area contributed by atoms with Gasteiger partial charge < -0.3 is 4.90 Å². The van der Waals surface area contributed by atoms with E-state index in [2.05, 4.69) is 15.0 Å². The SMILES string of the molecule is CN(C)C(=O)C1CCCN(Cc2ncnn2C)C1. The van der Waals surface area contributed by atoms with Crippen molar-refractivity contribution in [2.75, 3.05) is 27.2 Å². The number of likely N-dealkylation sites (tertiary alicyclic amines) is 1. The maximum absolute atomic E-state index is 12.0. The van der Waals surface area contributed by atoms with Crippen LogP contribution in [0.5, 0.6) is 0 Å². The molecule has 18 heavy (non-hydrogen) atoms. The molecule has 1 aliphatic rings.